The number of amides is 1. The Hall–Kier alpha value is -3.23. The molecule has 1 saturated heterocycles. The van der Waals surface area contributed by atoms with Crippen LogP contribution in [0.5, 0.6) is 0 Å². The van der Waals surface area contributed by atoms with Gasteiger partial charge in [0.05, 0.1) is 6.04 Å². The van der Waals surface area contributed by atoms with E-state index in [2.05, 4.69) is 17.4 Å². The molecule has 4 N–H and O–H groups in total. The van der Waals surface area contributed by atoms with Crippen molar-refractivity contribution in [1.29, 1.82) is 0 Å². The number of carboxylic acids is 1. The van der Waals surface area contributed by atoms with Crippen LogP contribution in [-0.2, 0) is 32.1 Å². The molecule has 0 aromatic heterocycles. The smallest absolute Gasteiger partial charge is 0.345 e. The van der Waals surface area contributed by atoms with Crippen LogP contribution in [0.1, 0.15) is 49.7 Å². The van der Waals surface area contributed by atoms with Gasteiger partial charge in [0.2, 0.25) is 5.91 Å². The van der Waals surface area contributed by atoms with Gasteiger partial charge < -0.3 is 25.8 Å². The highest BCUT2D eigenvalue weighted by Gasteiger charge is 2.38. The van der Waals surface area contributed by atoms with E-state index >= 15 is 0 Å². The highest BCUT2D eigenvalue weighted by atomic mass is 16.6. The molecular weight excluding hydrogens is 458 g/mol. The van der Waals surface area contributed by atoms with E-state index in [9.17, 15) is 19.5 Å². The summed E-state index contributed by atoms with van der Waals surface area (Å²) in [5.41, 5.74) is 8.36. The van der Waals surface area contributed by atoms with Gasteiger partial charge in [0.25, 0.3) is 0 Å². The van der Waals surface area contributed by atoms with Gasteiger partial charge in [0.15, 0.2) is 6.10 Å². The number of hydrogen-bond donors (Lipinski definition) is 3. The third kappa shape index (κ3) is 8.46. The van der Waals surface area contributed by atoms with Crippen LogP contribution in [0.4, 0.5) is 0 Å². The van der Waals surface area contributed by atoms with Crippen molar-refractivity contribution in [3.8, 4) is 0 Å². The molecule has 8 heteroatoms. The van der Waals surface area contributed by atoms with Crippen molar-refractivity contribution in [2.24, 2.45) is 5.73 Å². The molecule has 0 aliphatic carbocycles. The minimum Gasteiger partial charge on any atom is -0.479 e. The van der Waals surface area contributed by atoms with E-state index in [1.807, 2.05) is 48.5 Å². The van der Waals surface area contributed by atoms with Gasteiger partial charge in [-0.3, -0.25) is 4.79 Å². The van der Waals surface area contributed by atoms with Gasteiger partial charge in [-0.15, -0.1) is 0 Å². The van der Waals surface area contributed by atoms with E-state index in [0.29, 0.717) is 32.2 Å². The predicted molar refractivity (Wildman–Crippen MR) is 137 cm³/mol. The molecule has 0 saturated carbocycles. The fourth-order valence-corrected chi connectivity index (χ4v) is 4.45. The third-order valence-corrected chi connectivity index (χ3v) is 6.49. The van der Waals surface area contributed by atoms with Gasteiger partial charge in [-0.25, -0.2) is 9.59 Å². The summed E-state index contributed by atoms with van der Waals surface area (Å²) in [5, 5.41) is 12.9. The average molecular weight is 496 g/mol. The van der Waals surface area contributed by atoms with Crippen LogP contribution < -0.4 is 11.1 Å². The molecule has 2 aromatic rings. The van der Waals surface area contributed by atoms with E-state index in [0.717, 1.165) is 31.5 Å². The third-order valence-electron chi connectivity index (χ3n) is 6.49. The first kappa shape index (κ1) is 27.4. The number of likely N-dealkylation sites (tertiary alicyclic amines) is 1. The number of carbonyl (C=O) groups is 3. The first-order valence-electron chi connectivity index (χ1n) is 12.7. The maximum absolute atomic E-state index is 13.0. The lowest BCUT2D eigenvalue weighted by Gasteiger charge is -2.27. The summed E-state index contributed by atoms with van der Waals surface area (Å²) < 4.78 is 5.36. The Bertz CT molecular complexity index is 970. The molecule has 1 heterocycles. The van der Waals surface area contributed by atoms with Gasteiger partial charge in [0.1, 0.15) is 6.04 Å². The summed E-state index contributed by atoms with van der Waals surface area (Å²) in [6.07, 6.45) is 2.70. The van der Waals surface area contributed by atoms with Crippen molar-refractivity contribution in [2.45, 2.75) is 69.7 Å². The van der Waals surface area contributed by atoms with Crippen LogP contribution in [0.15, 0.2) is 60.7 Å². The molecule has 194 valence electrons. The first-order valence-corrected chi connectivity index (χ1v) is 12.7. The van der Waals surface area contributed by atoms with Crippen molar-refractivity contribution >= 4 is 17.8 Å². The number of carbonyl (C=O) groups excluding carboxylic acids is 2. The summed E-state index contributed by atoms with van der Waals surface area (Å²) in [4.78, 5) is 38.9. The average Bonchev–Trinajstić information content (AvgIpc) is 3.39. The van der Waals surface area contributed by atoms with Gasteiger partial charge in [-0.1, -0.05) is 67.1 Å². The number of nitrogens with two attached hydrogens (primary N) is 1. The lowest BCUT2D eigenvalue weighted by molar-refractivity contribution is -0.168. The number of esters is 1. The Morgan fingerprint density at radius 2 is 1.67 bits per heavy atom. The van der Waals surface area contributed by atoms with Crippen LogP contribution >= 0.6 is 0 Å². The highest BCUT2D eigenvalue weighted by molar-refractivity contribution is 5.89. The summed E-state index contributed by atoms with van der Waals surface area (Å²) >= 11 is 0. The number of nitrogens with one attached hydrogen (secondary N) is 1. The zero-order valence-electron chi connectivity index (χ0n) is 20.7. The second kappa shape index (κ2) is 14.4. The maximum atomic E-state index is 13.0. The molecule has 3 rings (SSSR count). The molecule has 1 fully saturated rings. The van der Waals surface area contributed by atoms with Gasteiger partial charge in [-0.2, -0.15) is 0 Å². The van der Waals surface area contributed by atoms with Crippen LogP contribution in [0.3, 0.4) is 0 Å². The molecule has 36 heavy (non-hydrogen) atoms. The standard InChI is InChI=1S/C28H37N3O5/c29-23(14-7-8-18-30-20-22-12-5-2-6-13-22)26(32)31-19-9-15-24(31)28(35)36-25(27(33)34)17-16-21-10-3-1-4-11-21/h1-6,10-13,23-25,30H,7-9,14-20,29H2,(H,33,34)/t23-,24-,25-/m0/s1. The SMILES string of the molecule is N[C@@H](CCCCNCc1ccccc1)C(=O)N1CCC[C@H]1C(=O)O[C@@H](CCc1ccccc1)C(=O)O. The summed E-state index contributed by atoms with van der Waals surface area (Å²) in [5.74, 6) is -2.13. The number of benzene rings is 2. The van der Waals surface area contributed by atoms with Gasteiger partial charge in [0, 0.05) is 13.1 Å². The van der Waals surface area contributed by atoms with E-state index in [-0.39, 0.29) is 12.3 Å². The first-order chi connectivity index (χ1) is 17.5. The molecular formula is C28H37N3O5. The quantitative estimate of drug-likeness (QED) is 0.272. The number of hydrogen-bond acceptors (Lipinski definition) is 6. The molecule has 1 amide bonds. The minimum absolute atomic E-state index is 0.170. The van der Waals surface area contributed by atoms with Crippen molar-refractivity contribution in [3.05, 3.63) is 71.8 Å². The summed E-state index contributed by atoms with van der Waals surface area (Å²) in [6.45, 7) is 2.05. The fraction of sp³-hybridized carbons (Fsp3) is 0.464. The monoisotopic (exact) mass is 495 g/mol. The fourth-order valence-electron chi connectivity index (χ4n) is 4.45. The normalized spacial score (nSPS) is 16.9. The lowest BCUT2D eigenvalue weighted by Crippen LogP contribution is -2.49. The van der Waals surface area contributed by atoms with Crippen molar-refractivity contribution in [2.75, 3.05) is 13.1 Å². The topological polar surface area (TPSA) is 122 Å². The number of aryl methyl sites for hydroxylation is 1. The number of rotatable bonds is 14. The van der Waals surface area contributed by atoms with E-state index in [1.54, 1.807) is 0 Å². The Kier molecular flexibility index (Phi) is 10.9. The van der Waals surface area contributed by atoms with Crippen LogP contribution in [0.2, 0.25) is 0 Å². The summed E-state index contributed by atoms with van der Waals surface area (Å²) in [6, 6.07) is 18.1. The molecule has 0 unspecified atom stereocenters. The Morgan fingerprint density at radius 3 is 2.33 bits per heavy atom. The molecule has 0 bridgehead atoms. The molecule has 1 aliphatic heterocycles. The second-order valence-electron chi connectivity index (χ2n) is 9.24. The number of carboxylic acid groups (broad SMARTS) is 1. The van der Waals surface area contributed by atoms with Crippen molar-refractivity contribution in [1.82, 2.24) is 10.2 Å². The zero-order chi connectivity index (χ0) is 25.8. The molecule has 0 radical (unpaired) electrons. The van der Waals surface area contributed by atoms with Gasteiger partial charge >= 0.3 is 11.9 Å². The Morgan fingerprint density at radius 1 is 1.00 bits per heavy atom. The highest BCUT2D eigenvalue weighted by Crippen LogP contribution is 2.21. The van der Waals surface area contributed by atoms with Crippen LogP contribution in [-0.4, -0.2) is 59.1 Å². The van der Waals surface area contributed by atoms with Crippen molar-refractivity contribution < 1.29 is 24.2 Å². The number of ether oxygens (including phenoxy) is 1. The Labute approximate surface area is 212 Å². The van der Waals surface area contributed by atoms with Crippen LogP contribution in [0, 0.1) is 0 Å². The van der Waals surface area contributed by atoms with Crippen LogP contribution in [0.25, 0.3) is 0 Å². The van der Waals surface area contributed by atoms with E-state index in [1.165, 1.54) is 10.5 Å². The maximum Gasteiger partial charge on any atom is 0.345 e. The number of nitrogens with zero attached hydrogens (tertiary/aromatic N) is 1. The minimum atomic E-state index is -1.26. The second-order valence-corrected chi connectivity index (χ2v) is 9.24. The molecule has 3 atom stereocenters. The zero-order valence-corrected chi connectivity index (χ0v) is 20.7. The molecule has 8 nitrogen and oxygen atoms in total. The summed E-state index contributed by atoms with van der Waals surface area (Å²) in [7, 11) is 0. The number of unbranched alkanes of at least 4 members (excludes halogenated alkanes) is 1. The number of aliphatic carboxylic acids is 1. The molecule has 0 spiro atoms. The lowest BCUT2D eigenvalue weighted by atomic mass is 10.1. The van der Waals surface area contributed by atoms with E-state index in [4.69, 9.17) is 10.5 Å². The predicted octanol–water partition coefficient (Wildman–Crippen LogP) is 2.89. The molecule has 1 aliphatic rings. The van der Waals surface area contributed by atoms with Crippen molar-refractivity contribution in [3.63, 3.8) is 0 Å². The van der Waals surface area contributed by atoms with E-state index < -0.39 is 30.1 Å². The largest absolute Gasteiger partial charge is 0.479 e. The molecule has 2 aromatic carbocycles. The van der Waals surface area contributed by atoms with Gasteiger partial charge in [-0.05, 0) is 56.2 Å². The Balaban J connectivity index is 1.41.